The average Bonchev–Trinajstić information content (AvgIpc) is 2.75. The summed E-state index contributed by atoms with van der Waals surface area (Å²) in [5, 5.41) is 2.13. The van der Waals surface area contributed by atoms with Gasteiger partial charge in [0.05, 0.1) is 3.79 Å². The van der Waals surface area contributed by atoms with Crippen LogP contribution in [0.25, 0.3) is 0 Å². The molecule has 2 atom stereocenters. The first-order valence-electron chi connectivity index (χ1n) is 4.83. The van der Waals surface area contributed by atoms with Crippen LogP contribution in [0.2, 0.25) is 0 Å². The number of nitrogens with two attached hydrogens (primary N) is 1. The summed E-state index contributed by atoms with van der Waals surface area (Å²) >= 11 is 5.15. The van der Waals surface area contributed by atoms with Crippen LogP contribution in [-0.4, -0.2) is 13.2 Å². The number of hydrogen-bond donors (Lipinski definition) is 1. The predicted molar refractivity (Wildman–Crippen MR) is 62.5 cm³/mol. The molecular weight excluding hydrogens is 262 g/mol. The fourth-order valence-electron chi connectivity index (χ4n) is 1.78. The lowest BCUT2D eigenvalue weighted by Gasteiger charge is -2.13. The maximum atomic E-state index is 6.12. The minimum absolute atomic E-state index is 0.171. The Kier molecular flexibility index (Phi) is 3.60. The summed E-state index contributed by atoms with van der Waals surface area (Å²) in [5.74, 6) is 0.656. The number of ether oxygens (including phenoxy) is 1. The van der Waals surface area contributed by atoms with Crippen molar-refractivity contribution in [3.05, 3.63) is 20.8 Å². The summed E-state index contributed by atoms with van der Waals surface area (Å²) in [5.41, 5.74) is 7.36. The molecule has 1 aromatic heterocycles. The van der Waals surface area contributed by atoms with Gasteiger partial charge in [0.1, 0.15) is 0 Å². The first-order chi connectivity index (χ1) is 6.75. The Labute approximate surface area is 96.6 Å². The first-order valence-corrected chi connectivity index (χ1v) is 6.50. The van der Waals surface area contributed by atoms with E-state index in [4.69, 9.17) is 10.5 Å². The summed E-state index contributed by atoms with van der Waals surface area (Å²) in [7, 11) is 0. The zero-order valence-corrected chi connectivity index (χ0v) is 10.3. The van der Waals surface area contributed by atoms with Crippen molar-refractivity contribution >= 4 is 27.3 Å². The molecule has 0 aromatic carbocycles. The number of hydrogen-bond acceptors (Lipinski definition) is 3. The van der Waals surface area contributed by atoms with Crippen LogP contribution in [0.1, 0.15) is 24.4 Å². The Morgan fingerprint density at radius 2 is 2.57 bits per heavy atom. The summed E-state index contributed by atoms with van der Waals surface area (Å²) < 4.78 is 6.49. The molecule has 0 aliphatic carbocycles. The highest BCUT2D eigenvalue weighted by molar-refractivity contribution is 9.11. The van der Waals surface area contributed by atoms with Gasteiger partial charge in [-0.1, -0.05) is 0 Å². The van der Waals surface area contributed by atoms with Crippen molar-refractivity contribution in [2.45, 2.75) is 18.9 Å². The van der Waals surface area contributed by atoms with Gasteiger partial charge in [0.15, 0.2) is 0 Å². The molecule has 2 N–H and O–H groups in total. The molecule has 0 bridgehead atoms. The van der Waals surface area contributed by atoms with Gasteiger partial charge in [0.2, 0.25) is 0 Å². The van der Waals surface area contributed by atoms with Crippen molar-refractivity contribution in [2.75, 3.05) is 13.2 Å². The van der Waals surface area contributed by atoms with E-state index < -0.39 is 0 Å². The average molecular weight is 276 g/mol. The standard InChI is InChI=1S/C10H14BrNOS/c11-10-4-8(6-14-10)9(12)3-7-1-2-13-5-7/h4,6-7,9H,1-3,5,12H2. The molecule has 0 spiro atoms. The molecule has 2 unspecified atom stereocenters. The third-order valence-electron chi connectivity index (χ3n) is 2.63. The summed E-state index contributed by atoms with van der Waals surface area (Å²) in [6, 6.07) is 2.29. The van der Waals surface area contributed by atoms with Crippen LogP contribution in [0.5, 0.6) is 0 Å². The molecule has 1 aliphatic heterocycles. The van der Waals surface area contributed by atoms with Crippen LogP contribution in [0, 0.1) is 5.92 Å². The van der Waals surface area contributed by atoms with E-state index in [-0.39, 0.29) is 6.04 Å². The molecule has 2 nitrogen and oxygen atoms in total. The highest BCUT2D eigenvalue weighted by atomic mass is 79.9. The van der Waals surface area contributed by atoms with Crippen molar-refractivity contribution in [1.82, 2.24) is 0 Å². The SMILES string of the molecule is NC(CC1CCOC1)c1csc(Br)c1. The van der Waals surface area contributed by atoms with E-state index in [1.54, 1.807) is 11.3 Å². The van der Waals surface area contributed by atoms with Gasteiger partial charge in [-0.3, -0.25) is 0 Å². The minimum atomic E-state index is 0.171. The van der Waals surface area contributed by atoms with Gasteiger partial charge in [-0.05, 0) is 51.7 Å². The number of thiophene rings is 1. The Hall–Kier alpha value is 0.100. The van der Waals surface area contributed by atoms with E-state index in [2.05, 4.69) is 27.4 Å². The molecular formula is C10H14BrNOS. The van der Waals surface area contributed by atoms with Crippen LogP contribution < -0.4 is 5.73 Å². The zero-order valence-electron chi connectivity index (χ0n) is 7.91. The van der Waals surface area contributed by atoms with Crippen LogP contribution in [0.15, 0.2) is 15.2 Å². The van der Waals surface area contributed by atoms with E-state index in [9.17, 15) is 0 Å². The minimum Gasteiger partial charge on any atom is -0.381 e. The summed E-state index contributed by atoms with van der Waals surface area (Å²) in [6.07, 6.45) is 2.21. The van der Waals surface area contributed by atoms with Crippen LogP contribution in [0.4, 0.5) is 0 Å². The van der Waals surface area contributed by atoms with Gasteiger partial charge in [-0.2, -0.15) is 0 Å². The lowest BCUT2D eigenvalue weighted by atomic mass is 9.96. The lowest BCUT2D eigenvalue weighted by molar-refractivity contribution is 0.182. The molecule has 1 aromatic rings. The van der Waals surface area contributed by atoms with Crippen molar-refractivity contribution in [3.63, 3.8) is 0 Å². The molecule has 2 rings (SSSR count). The van der Waals surface area contributed by atoms with Crippen molar-refractivity contribution in [3.8, 4) is 0 Å². The van der Waals surface area contributed by atoms with Crippen LogP contribution >= 0.6 is 27.3 Å². The van der Waals surface area contributed by atoms with Gasteiger partial charge >= 0.3 is 0 Å². The monoisotopic (exact) mass is 275 g/mol. The maximum Gasteiger partial charge on any atom is 0.0701 e. The Bertz CT molecular complexity index is 296. The number of halogens is 1. The van der Waals surface area contributed by atoms with Crippen LogP contribution in [0.3, 0.4) is 0 Å². The third kappa shape index (κ3) is 2.57. The van der Waals surface area contributed by atoms with Gasteiger partial charge in [-0.25, -0.2) is 0 Å². The smallest absolute Gasteiger partial charge is 0.0701 e. The van der Waals surface area contributed by atoms with E-state index in [0.717, 1.165) is 23.4 Å². The Balaban J connectivity index is 1.91. The van der Waals surface area contributed by atoms with Gasteiger partial charge < -0.3 is 10.5 Å². The Morgan fingerprint density at radius 3 is 3.14 bits per heavy atom. The molecule has 14 heavy (non-hydrogen) atoms. The van der Waals surface area contributed by atoms with E-state index in [0.29, 0.717) is 5.92 Å². The largest absolute Gasteiger partial charge is 0.381 e. The fraction of sp³-hybridized carbons (Fsp3) is 0.600. The normalized spacial score (nSPS) is 24.0. The third-order valence-corrected chi connectivity index (χ3v) is 4.15. The molecule has 4 heteroatoms. The van der Waals surface area contributed by atoms with Gasteiger partial charge in [0, 0.05) is 19.3 Å². The maximum absolute atomic E-state index is 6.12. The molecule has 0 saturated carbocycles. The van der Waals surface area contributed by atoms with E-state index in [1.807, 2.05) is 0 Å². The fourth-order valence-corrected chi connectivity index (χ4v) is 3.02. The van der Waals surface area contributed by atoms with E-state index >= 15 is 0 Å². The van der Waals surface area contributed by atoms with Crippen molar-refractivity contribution in [1.29, 1.82) is 0 Å². The lowest BCUT2D eigenvalue weighted by Crippen LogP contribution is -2.14. The second-order valence-electron chi connectivity index (χ2n) is 3.76. The topological polar surface area (TPSA) is 35.2 Å². The van der Waals surface area contributed by atoms with Crippen molar-refractivity contribution in [2.24, 2.45) is 11.7 Å². The quantitative estimate of drug-likeness (QED) is 0.921. The summed E-state index contributed by atoms with van der Waals surface area (Å²) in [4.78, 5) is 0. The molecule has 2 heterocycles. The molecule has 0 radical (unpaired) electrons. The van der Waals surface area contributed by atoms with Gasteiger partial charge in [-0.15, -0.1) is 11.3 Å². The molecule has 1 aliphatic rings. The molecule has 78 valence electrons. The molecule has 1 fully saturated rings. The molecule has 1 saturated heterocycles. The second kappa shape index (κ2) is 4.75. The Morgan fingerprint density at radius 1 is 1.71 bits per heavy atom. The second-order valence-corrected chi connectivity index (χ2v) is 6.05. The summed E-state index contributed by atoms with van der Waals surface area (Å²) in [6.45, 7) is 1.80. The molecule has 0 amide bonds. The number of rotatable bonds is 3. The zero-order chi connectivity index (χ0) is 9.97. The van der Waals surface area contributed by atoms with Crippen LogP contribution in [-0.2, 0) is 4.74 Å². The van der Waals surface area contributed by atoms with Crippen molar-refractivity contribution < 1.29 is 4.74 Å². The van der Waals surface area contributed by atoms with Gasteiger partial charge in [0.25, 0.3) is 0 Å². The first kappa shape index (κ1) is 10.6. The highest BCUT2D eigenvalue weighted by Crippen LogP contribution is 2.29. The van der Waals surface area contributed by atoms with E-state index in [1.165, 1.54) is 12.0 Å². The highest BCUT2D eigenvalue weighted by Gasteiger charge is 2.19. The predicted octanol–water partition coefficient (Wildman–Crippen LogP) is 2.94.